The van der Waals surface area contributed by atoms with Crippen LogP contribution in [-0.2, 0) is 11.2 Å². The van der Waals surface area contributed by atoms with Crippen molar-refractivity contribution in [3.05, 3.63) is 46.6 Å². The zero-order valence-corrected chi connectivity index (χ0v) is 14.5. The molecule has 0 amide bonds. The standard InChI is InChI=1S/C20H26O3/c1-13-15(7-6-14-8-11-23-12-14)20(4)10-5-9-19(2,3)18(20)17(22)16(13)21/h8,11-12,22H,5-7,9-10H2,1-4H3/t20-/m1/s1. The second-order valence-electron chi connectivity index (χ2n) is 7.86. The number of ketones is 1. The van der Waals surface area contributed by atoms with Crippen LogP contribution in [0, 0.1) is 10.8 Å². The monoisotopic (exact) mass is 314 g/mol. The van der Waals surface area contributed by atoms with Gasteiger partial charge in [0.2, 0.25) is 5.78 Å². The van der Waals surface area contributed by atoms with Crippen LogP contribution < -0.4 is 0 Å². The van der Waals surface area contributed by atoms with Crippen LogP contribution in [-0.4, -0.2) is 10.9 Å². The summed E-state index contributed by atoms with van der Waals surface area (Å²) in [5, 5.41) is 10.6. The Kier molecular flexibility index (Phi) is 3.78. The fraction of sp³-hybridized carbons (Fsp3) is 0.550. The van der Waals surface area contributed by atoms with Crippen LogP contribution in [0.5, 0.6) is 0 Å². The number of fused-ring (bicyclic) bond motifs is 1. The van der Waals surface area contributed by atoms with E-state index in [-0.39, 0.29) is 22.4 Å². The first-order valence-electron chi connectivity index (χ1n) is 8.47. The van der Waals surface area contributed by atoms with E-state index in [1.54, 1.807) is 12.5 Å². The molecule has 0 radical (unpaired) electrons. The van der Waals surface area contributed by atoms with Gasteiger partial charge >= 0.3 is 0 Å². The largest absolute Gasteiger partial charge is 0.504 e. The van der Waals surface area contributed by atoms with Crippen molar-refractivity contribution in [3.63, 3.8) is 0 Å². The number of hydrogen-bond donors (Lipinski definition) is 1. The number of aryl methyl sites for hydroxylation is 1. The molecule has 1 aromatic rings. The molecule has 2 aliphatic rings. The maximum Gasteiger partial charge on any atom is 0.222 e. The van der Waals surface area contributed by atoms with Crippen LogP contribution >= 0.6 is 0 Å². The average molecular weight is 314 g/mol. The molecule has 3 rings (SSSR count). The van der Waals surface area contributed by atoms with E-state index in [2.05, 4.69) is 20.8 Å². The molecule has 0 saturated heterocycles. The quantitative estimate of drug-likeness (QED) is 0.840. The van der Waals surface area contributed by atoms with Crippen molar-refractivity contribution < 1.29 is 14.3 Å². The van der Waals surface area contributed by atoms with Crippen molar-refractivity contribution in [1.29, 1.82) is 0 Å². The number of allylic oxidation sites excluding steroid dienone is 3. The first-order chi connectivity index (χ1) is 10.8. The second kappa shape index (κ2) is 5.40. The first kappa shape index (κ1) is 16.1. The molecule has 1 aromatic heterocycles. The molecule has 124 valence electrons. The van der Waals surface area contributed by atoms with Crippen molar-refractivity contribution >= 4 is 5.78 Å². The van der Waals surface area contributed by atoms with E-state index in [0.717, 1.165) is 48.8 Å². The molecule has 0 aromatic carbocycles. The lowest BCUT2D eigenvalue weighted by atomic mass is 9.54. The predicted molar refractivity (Wildman–Crippen MR) is 90.1 cm³/mol. The van der Waals surface area contributed by atoms with E-state index in [1.807, 2.05) is 13.0 Å². The minimum Gasteiger partial charge on any atom is -0.504 e. The lowest BCUT2D eigenvalue weighted by Crippen LogP contribution is -2.41. The molecule has 1 heterocycles. The van der Waals surface area contributed by atoms with Crippen LogP contribution in [0.3, 0.4) is 0 Å². The van der Waals surface area contributed by atoms with Gasteiger partial charge in [0.25, 0.3) is 0 Å². The molecule has 23 heavy (non-hydrogen) atoms. The summed E-state index contributed by atoms with van der Waals surface area (Å²) in [5.74, 6) is -0.184. The van der Waals surface area contributed by atoms with Crippen molar-refractivity contribution in [1.82, 2.24) is 0 Å². The number of carbonyl (C=O) groups is 1. The van der Waals surface area contributed by atoms with E-state index in [1.165, 1.54) is 5.57 Å². The molecule has 0 aliphatic heterocycles. The molecule has 1 atom stereocenters. The highest BCUT2D eigenvalue weighted by molar-refractivity contribution is 6.09. The van der Waals surface area contributed by atoms with Gasteiger partial charge in [0.15, 0.2) is 5.76 Å². The molecule has 0 unspecified atom stereocenters. The van der Waals surface area contributed by atoms with Gasteiger partial charge in [-0.15, -0.1) is 0 Å². The fourth-order valence-electron chi connectivity index (χ4n) is 4.77. The Morgan fingerprint density at radius 3 is 2.61 bits per heavy atom. The summed E-state index contributed by atoms with van der Waals surface area (Å²) >= 11 is 0. The zero-order valence-electron chi connectivity index (χ0n) is 14.5. The van der Waals surface area contributed by atoms with Crippen molar-refractivity contribution in [2.45, 2.75) is 59.8 Å². The van der Waals surface area contributed by atoms with Gasteiger partial charge in [-0.25, -0.2) is 0 Å². The van der Waals surface area contributed by atoms with Gasteiger partial charge < -0.3 is 9.52 Å². The maximum absolute atomic E-state index is 12.6. The summed E-state index contributed by atoms with van der Waals surface area (Å²) in [7, 11) is 0. The molecule has 3 nitrogen and oxygen atoms in total. The highest BCUT2D eigenvalue weighted by Gasteiger charge is 2.50. The highest BCUT2D eigenvalue weighted by Crippen LogP contribution is 2.58. The third kappa shape index (κ3) is 2.46. The fourth-order valence-corrected chi connectivity index (χ4v) is 4.77. The van der Waals surface area contributed by atoms with Crippen LogP contribution in [0.2, 0.25) is 0 Å². The van der Waals surface area contributed by atoms with E-state index < -0.39 is 0 Å². The number of Topliss-reactive ketones (excluding diaryl/α,β-unsaturated/α-hetero) is 1. The third-order valence-corrected chi connectivity index (χ3v) is 5.86. The Hall–Kier alpha value is -1.77. The van der Waals surface area contributed by atoms with Crippen molar-refractivity contribution in [2.24, 2.45) is 10.8 Å². The summed E-state index contributed by atoms with van der Waals surface area (Å²) in [6.45, 7) is 8.38. The van der Waals surface area contributed by atoms with Crippen LogP contribution in [0.25, 0.3) is 0 Å². The molecule has 1 saturated carbocycles. The topological polar surface area (TPSA) is 50.4 Å². The van der Waals surface area contributed by atoms with E-state index in [4.69, 9.17) is 4.42 Å². The van der Waals surface area contributed by atoms with Gasteiger partial charge in [-0.3, -0.25) is 4.79 Å². The molecular weight excluding hydrogens is 288 g/mol. The molecular formula is C20H26O3. The number of rotatable bonds is 3. The summed E-state index contributed by atoms with van der Waals surface area (Å²) in [4.78, 5) is 12.6. The van der Waals surface area contributed by atoms with Gasteiger partial charge in [0.05, 0.1) is 12.5 Å². The lowest BCUT2D eigenvalue weighted by molar-refractivity contribution is -0.115. The minimum absolute atomic E-state index is 0.00163. The van der Waals surface area contributed by atoms with E-state index in [0.29, 0.717) is 0 Å². The Bertz CT molecular complexity index is 688. The van der Waals surface area contributed by atoms with E-state index in [9.17, 15) is 9.90 Å². The Balaban J connectivity index is 2.02. The Morgan fingerprint density at radius 1 is 1.22 bits per heavy atom. The number of furan rings is 1. The van der Waals surface area contributed by atoms with Crippen molar-refractivity contribution in [2.75, 3.05) is 0 Å². The van der Waals surface area contributed by atoms with E-state index >= 15 is 0 Å². The summed E-state index contributed by atoms with van der Waals surface area (Å²) < 4.78 is 5.15. The van der Waals surface area contributed by atoms with Gasteiger partial charge in [0, 0.05) is 11.0 Å². The smallest absolute Gasteiger partial charge is 0.222 e. The first-order valence-corrected chi connectivity index (χ1v) is 8.47. The maximum atomic E-state index is 12.6. The van der Waals surface area contributed by atoms with Crippen LogP contribution in [0.15, 0.2) is 45.5 Å². The molecule has 1 N–H and O–H groups in total. The van der Waals surface area contributed by atoms with Crippen LogP contribution in [0.4, 0.5) is 0 Å². The number of aliphatic hydroxyl groups excluding tert-OH is 1. The molecule has 2 aliphatic carbocycles. The summed E-state index contributed by atoms with van der Waals surface area (Å²) in [6.07, 6.45) is 8.29. The molecule has 0 bridgehead atoms. The summed E-state index contributed by atoms with van der Waals surface area (Å²) in [5.41, 5.74) is 3.70. The normalized spacial score (nSPS) is 27.4. The number of aliphatic hydroxyl groups is 1. The Labute approximate surface area is 138 Å². The zero-order chi connectivity index (χ0) is 16.8. The van der Waals surface area contributed by atoms with Crippen LogP contribution in [0.1, 0.15) is 58.9 Å². The van der Waals surface area contributed by atoms with Gasteiger partial charge in [0.1, 0.15) is 0 Å². The highest BCUT2D eigenvalue weighted by atomic mass is 16.3. The molecule has 3 heteroatoms. The van der Waals surface area contributed by atoms with Gasteiger partial charge in [-0.05, 0) is 55.2 Å². The third-order valence-electron chi connectivity index (χ3n) is 5.86. The lowest BCUT2D eigenvalue weighted by Gasteiger charge is -2.50. The average Bonchev–Trinajstić information content (AvgIpc) is 2.97. The van der Waals surface area contributed by atoms with Crippen molar-refractivity contribution in [3.8, 4) is 0 Å². The Morgan fingerprint density at radius 2 is 1.96 bits per heavy atom. The summed E-state index contributed by atoms with van der Waals surface area (Å²) in [6, 6.07) is 1.97. The van der Waals surface area contributed by atoms with Gasteiger partial charge in [-0.1, -0.05) is 32.8 Å². The number of carbonyl (C=O) groups excluding carboxylic acids is 1. The van der Waals surface area contributed by atoms with Gasteiger partial charge in [-0.2, -0.15) is 0 Å². The number of hydrogen-bond acceptors (Lipinski definition) is 3. The molecule has 0 spiro atoms. The molecule has 1 fully saturated rings. The predicted octanol–water partition coefficient (Wildman–Crippen LogP) is 5.14. The SMILES string of the molecule is CC1=C(CCc2ccoc2)[C@@]2(C)CCCC(C)(C)C2=C(O)C1=O. The minimum atomic E-state index is -0.201. The second-order valence-corrected chi connectivity index (χ2v) is 7.86.